The molecule has 0 spiro atoms. The number of rotatable bonds is 4. The first kappa shape index (κ1) is 11.6. The van der Waals surface area contributed by atoms with E-state index in [0.717, 1.165) is 19.7 Å². The van der Waals surface area contributed by atoms with E-state index < -0.39 is 0 Å². The van der Waals surface area contributed by atoms with Crippen molar-refractivity contribution in [3.8, 4) is 0 Å². The van der Waals surface area contributed by atoms with E-state index in [1.807, 2.05) is 0 Å². The molecule has 0 aliphatic carbocycles. The van der Waals surface area contributed by atoms with Gasteiger partial charge in [0.15, 0.2) is 0 Å². The molecule has 2 atom stereocenters. The SMILES string of the molecule is CCNCC1CCOC1c1ccccc1C. The second kappa shape index (κ2) is 5.46. The summed E-state index contributed by atoms with van der Waals surface area (Å²) in [7, 11) is 0. The van der Waals surface area contributed by atoms with Crippen LogP contribution in [0.5, 0.6) is 0 Å². The minimum absolute atomic E-state index is 0.292. The van der Waals surface area contributed by atoms with Gasteiger partial charge in [0.25, 0.3) is 0 Å². The molecule has 16 heavy (non-hydrogen) atoms. The molecule has 88 valence electrons. The summed E-state index contributed by atoms with van der Waals surface area (Å²) in [6.45, 7) is 7.32. The molecule has 0 radical (unpaired) electrons. The average Bonchev–Trinajstić information content (AvgIpc) is 2.75. The van der Waals surface area contributed by atoms with Crippen molar-refractivity contribution < 1.29 is 4.74 Å². The molecule has 2 rings (SSSR count). The number of aryl methyl sites for hydroxylation is 1. The van der Waals surface area contributed by atoms with Gasteiger partial charge in [-0.15, -0.1) is 0 Å². The van der Waals surface area contributed by atoms with Crippen molar-refractivity contribution in [1.29, 1.82) is 0 Å². The summed E-state index contributed by atoms with van der Waals surface area (Å²) >= 11 is 0. The van der Waals surface area contributed by atoms with Gasteiger partial charge in [-0.3, -0.25) is 0 Å². The lowest BCUT2D eigenvalue weighted by molar-refractivity contribution is 0.0901. The first-order valence-electron chi connectivity index (χ1n) is 6.20. The molecule has 1 fully saturated rings. The van der Waals surface area contributed by atoms with Crippen LogP contribution in [0.1, 0.15) is 30.6 Å². The Labute approximate surface area is 98.0 Å². The summed E-state index contributed by atoms with van der Waals surface area (Å²) in [4.78, 5) is 0. The highest BCUT2D eigenvalue weighted by Crippen LogP contribution is 2.35. The maximum atomic E-state index is 5.89. The summed E-state index contributed by atoms with van der Waals surface area (Å²) in [6, 6.07) is 8.56. The Morgan fingerprint density at radius 2 is 2.19 bits per heavy atom. The standard InChI is InChI=1S/C14H21NO/c1-3-15-10-12-8-9-16-14(12)13-7-5-4-6-11(13)2/h4-7,12,14-15H,3,8-10H2,1-2H3. The molecule has 1 aliphatic rings. The summed E-state index contributed by atoms with van der Waals surface area (Å²) in [5, 5.41) is 3.43. The number of benzene rings is 1. The smallest absolute Gasteiger partial charge is 0.0868 e. The molecule has 1 N–H and O–H groups in total. The second-order valence-corrected chi connectivity index (χ2v) is 4.50. The molecule has 0 bridgehead atoms. The van der Waals surface area contributed by atoms with E-state index >= 15 is 0 Å². The van der Waals surface area contributed by atoms with E-state index in [1.54, 1.807) is 0 Å². The third kappa shape index (κ3) is 2.45. The first-order chi connectivity index (χ1) is 7.83. The maximum Gasteiger partial charge on any atom is 0.0868 e. The second-order valence-electron chi connectivity index (χ2n) is 4.50. The van der Waals surface area contributed by atoms with Crippen LogP contribution in [0.4, 0.5) is 0 Å². The monoisotopic (exact) mass is 219 g/mol. The van der Waals surface area contributed by atoms with Crippen LogP contribution in [0.25, 0.3) is 0 Å². The van der Waals surface area contributed by atoms with Crippen LogP contribution in [0, 0.1) is 12.8 Å². The van der Waals surface area contributed by atoms with Gasteiger partial charge in [-0.2, -0.15) is 0 Å². The Kier molecular flexibility index (Phi) is 3.97. The molecule has 0 amide bonds. The van der Waals surface area contributed by atoms with E-state index in [9.17, 15) is 0 Å². The normalized spacial score (nSPS) is 24.9. The van der Waals surface area contributed by atoms with Crippen LogP contribution >= 0.6 is 0 Å². The number of nitrogens with one attached hydrogen (secondary N) is 1. The van der Waals surface area contributed by atoms with E-state index in [2.05, 4.69) is 43.4 Å². The van der Waals surface area contributed by atoms with Crippen molar-refractivity contribution in [1.82, 2.24) is 5.32 Å². The molecule has 2 nitrogen and oxygen atoms in total. The molecule has 1 saturated heterocycles. The van der Waals surface area contributed by atoms with Crippen molar-refractivity contribution in [3.63, 3.8) is 0 Å². The molecule has 1 heterocycles. The van der Waals surface area contributed by atoms with Crippen LogP contribution in [0.15, 0.2) is 24.3 Å². The lowest BCUT2D eigenvalue weighted by atomic mass is 9.92. The molecule has 0 aromatic heterocycles. The zero-order valence-corrected chi connectivity index (χ0v) is 10.2. The Morgan fingerprint density at radius 1 is 1.38 bits per heavy atom. The first-order valence-corrected chi connectivity index (χ1v) is 6.20. The number of ether oxygens (including phenoxy) is 1. The van der Waals surface area contributed by atoms with Crippen molar-refractivity contribution in [2.75, 3.05) is 19.7 Å². The van der Waals surface area contributed by atoms with Crippen molar-refractivity contribution in [2.24, 2.45) is 5.92 Å². The van der Waals surface area contributed by atoms with Crippen LogP contribution in [-0.4, -0.2) is 19.7 Å². The van der Waals surface area contributed by atoms with Crippen molar-refractivity contribution in [3.05, 3.63) is 35.4 Å². The molecular weight excluding hydrogens is 198 g/mol. The minimum Gasteiger partial charge on any atom is -0.373 e. The summed E-state index contributed by atoms with van der Waals surface area (Å²) in [5.41, 5.74) is 2.71. The Bertz CT molecular complexity index is 337. The topological polar surface area (TPSA) is 21.3 Å². The highest BCUT2D eigenvalue weighted by atomic mass is 16.5. The van der Waals surface area contributed by atoms with Crippen molar-refractivity contribution in [2.45, 2.75) is 26.4 Å². The molecular formula is C14H21NO. The van der Waals surface area contributed by atoms with Gasteiger partial charge in [-0.1, -0.05) is 31.2 Å². The van der Waals surface area contributed by atoms with Crippen LogP contribution in [-0.2, 0) is 4.74 Å². The zero-order chi connectivity index (χ0) is 11.4. The molecule has 1 aromatic carbocycles. The lowest BCUT2D eigenvalue weighted by Gasteiger charge is -2.20. The van der Waals surface area contributed by atoms with E-state index in [1.165, 1.54) is 17.5 Å². The minimum atomic E-state index is 0.292. The van der Waals surface area contributed by atoms with Gasteiger partial charge < -0.3 is 10.1 Å². The van der Waals surface area contributed by atoms with Crippen LogP contribution in [0.2, 0.25) is 0 Å². The molecule has 1 aromatic rings. The number of hydrogen-bond donors (Lipinski definition) is 1. The van der Waals surface area contributed by atoms with E-state index in [4.69, 9.17) is 4.74 Å². The van der Waals surface area contributed by atoms with E-state index in [0.29, 0.717) is 12.0 Å². The van der Waals surface area contributed by atoms with Gasteiger partial charge in [0, 0.05) is 19.1 Å². The molecule has 0 saturated carbocycles. The quantitative estimate of drug-likeness (QED) is 0.840. The Balaban J connectivity index is 2.10. The Morgan fingerprint density at radius 3 is 2.94 bits per heavy atom. The third-order valence-corrected chi connectivity index (χ3v) is 3.37. The van der Waals surface area contributed by atoms with Crippen molar-refractivity contribution >= 4 is 0 Å². The predicted molar refractivity (Wildman–Crippen MR) is 66.5 cm³/mol. The zero-order valence-electron chi connectivity index (χ0n) is 10.2. The highest BCUT2D eigenvalue weighted by Gasteiger charge is 2.29. The largest absolute Gasteiger partial charge is 0.373 e. The molecule has 1 aliphatic heterocycles. The van der Waals surface area contributed by atoms with E-state index in [-0.39, 0.29) is 0 Å². The van der Waals surface area contributed by atoms with Gasteiger partial charge in [0.2, 0.25) is 0 Å². The van der Waals surface area contributed by atoms with Gasteiger partial charge >= 0.3 is 0 Å². The van der Waals surface area contributed by atoms with Gasteiger partial charge in [-0.05, 0) is 31.0 Å². The summed E-state index contributed by atoms with van der Waals surface area (Å²) in [5.74, 6) is 0.626. The average molecular weight is 219 g/mol. The fraction of sp³-hybridized carbons (Fsp3) is 0.571. The van der Waals surface area contributed by atoms with Gasteiger partial charge in [0.1, 0.15) is 0 Å². The molecule has 2 unspecified atom stereocenters. The fourth-order valence-electron chi connectivity index (χ4n) is 2.42. The summed E-state index contributed by atoms with van der Waals surface area (Å²) < 4.78 is 5.89. The van der Waals surface area contributed by atoms with Gasteiger partial charge in [0.05, 0.1) is 6.10 Å². The Hall–Kier alpha value is -0.860. The lowest BCUT2D eigenvalue weighted by Crippen LogP contribution is -2.24. The van der Waals surface area contributed by atoms with Gasteiger partial charge in [-0.25, -0.2) is 0 Å². The molecule has 2 heteroatoms. The predicted octanol–water partition coefficient (Wildman–Crippen LogP) is 2.68. The fourth-order valence-corrected chi connectivity index (χ4v) is 2.42. The summed E-state index contributed by atoms with van der Waals surface area (Å²) in [6.07, 6.45) is 1.46. The van der Waals surface area contributed by atoms with Crippen LogP contribution < -0.4 is 5.32 Å². The number of hydrogen-bond acceptors (Lipinski definition) is 2. The maximum absolute atomic E-state index is 5.89. The third-order valence-electron chi connectivity index (χ3n) is 3.37. The van der Waals surface area contributed by atoms with Crippen LogP contribution in [0.3, 0.4) is 0 Å². The highest BCUT2D eigenvalue weighted by molar-refractivity contribution is 5.28.